The number of rotatable bonds is 5. The first-order chi connectivity index (χ1) is 12.2. The van der Waals surface area contributed by atoms with Crippen LogP contribution in [0.3, 0.4) is 0 Å². The van der Waals surface area contributed by atoms with Gasteiger partial charge in [0.15, 0.2) is 5.16 Å². The van der Waals surface area contributed by atoms with Crippen molar-refractivity contribution in [3.05, 3.63) is 58.9 Å². The third-order valence-electron chi connectivity index (χ3n) is 3.94. The molecule has 1 aliphatic heterocycles. The molecule has 128 valence electrons. The summed E-state index contributed by atoms with van der Waals surface area (Å²) < 4.78 is 7.36. The number of aryl methyl sites for hydroxylation is 1. The standard InChI is InChI=1S/C17H16N4O2S2/c1-20-7-6-18-17(20)25-11-16(22)21-13(15-5-3-9-24-15)10-12(19-21)14-4-2-8-23-14/h2-9,13H,10-11H2,1H3. The van der Waals surface area contributed by atoms with Crippen molar-refractivity contribution in [1.82, 2.24) is 14.6 Å². The van der Waals surface area contributed by atoms with E-state index >= 15 is 0 Å². The molecule has 0 aliphatic carbocycles. The normalized spacial score (nSPS) is 17.1. The molecule has 4 rings (SSSR count). The van der Waals surface area contributed by atoms with Crippen LogP contribution < -0.4 is 0 Å². The highest BCUT2D eigenvalue weighted by atomic mass is 32.2. The van der Waals surface area contributed by atoms with Crippen LogP contribution in [0.2, 0.25) is 0 Å². The van der Waals surface area contributed by atoms with Gasteiger partial charge in [-0.15, -0.1) is 11.3 Å². The minimum atomic E-state index is -0.0745. The fourth-order valence-corrected chi connectivity index (χ4v) is 4.31. The van der Waals surface area contributed by atoms with E-state index in [1.165, 1.54) is 11.8 Å². The van der Waals surface area contributed by atoms with Crippen LogP contribution in [0.5, 0.6) is 0 Å². The van der Waals surface area contributed by atoms with Gasteiger partial charge in [0.25, 0.3) is 5.91 Å². The molecule has 0 fully saturated rings. The van der Waals surface area contributed by atoms with E-state index in [4.69, 9.17) is 4.42 Å². The molecule has 1 atom stereocenters. The molecule has 1 amide bonds. The Labute approximate surface area is 153 Å². The van der Waals surface area contributed by atoms with Crippen molar-refractivity contribution >= 4 is 34.7 Å². The molecule has 0 saturated carbocycles. The van der Waals surface area contributed by atoms with Crippen LogP contribution in [0.4, 0.5) is 0 Å². The first-order valence-corrected chi connectivity index (χ1v) is 9.66. The van der Waals surface area contributed by atoms with E-state index in [0.29, 0.717) is 17.9 Å². The van der Waals surface area contributed by atoms with Crippen LogP contribution in [0.1, 0.15) is 23.1 Å². The summed E-state index contributed by atoms with van der Waals surface area (Å²) in [7, 11) is 1.91. The van der Waals surface area contributed by atoms with Crippen molar-refractivity contribution in [3.63, 3.8) is 0 Å². The van der Waals surface area contributed by atoms with E-state index in [1.807, 2.05) is 47.5 Å². The molecular weight excluding hydrogens is 356 g/mol. The molecule has 0 spiro atoms. The summed E-state index contributed by atoms with van der Waals surface area (Å²) in [6.45, 7) is 0. The molecule has 0 bridgehead atoms. The maximum Gasteiger partial charge on any atom is 0.253 e. The Morgan fingerprint density at radius 3 is 3.04 bits per heavy atom. The second kappa shape index (κ2) is 6.89. The van der Waals surface area contributed by atoms with Gasteiger partial charge in [0.1, 0.15) is 11.5 Å². The van der Waals surface area contributed by atoms with E-state index in [0.717, 1.165) is 15.7 Å². The van der Waals surface area contributed by atoms with Gasteiger partial charge in [-0.2, -0.15) is 5.10 Å². The number of imidazole rings is 1. The molecule has 0 aromatic carbocycles. The second-order valence-electron chi connectivity index (χ2n) is 5.61. The summed E-state index contributed by atoms with van der Waals surface area (Å²) in [6, 6.07) is 7.67. The molecule has 1 aliphatic rings. The number of amides is 1. The van der Waals surface area contributed by atoms with Gasteiger partial charge in [-0.05, 0) is 23.6 Å². The lowest BCUT2D eigenvalue weighted by atomic mass is 10.1. The Balaban J connectivity index is 1.55. The minimum absolute atomic E-state index is 0.0343. The molecule has 25 heavy (non-hydrogen) atoms. The fourth-order valence-electron chi connectivity index (χ4n) is 2.72. The van der Waals surface area contributed by atoms with Gasteiger partial charge in [-0.3, -0.25) is 4.79 Å². The van der Waals surface area contributed by atoms with Crippen molar-refractivity contribution in [2.24, 2.45) is 12.1 Å². The van der Waals surface area contributed by atoms with Gasteiger partial charge in [0.05, 0.1) is 18.1 Å². The molecule has 6 nitrogen and oxygen atoms in total. The molecular formula is C17H16N4O2S2. The SMILES string of the molecule is Cn1ccnc1SCC(=O)N1N=C(c2ccco2)CC1c1cccs1. The first-order valence-electron chi connectivity index (χ1n) is 7.79. The lowest BCUT2D eigenvalue weighted by molar-refractivity contribution is -0.130. The summed E-state index contributed by atoms with van der Waals surface area (Å²) in [5, 5.41) is 8.99. The van der Waals surface area contributed by atoms with Crippen molar-refractivity contribution < 1.29 is 9.21 Å². The number of nitrogens with zero attached hydrogens (tertiary/aromatic N) is 4. The number of carbonyl (C=O) groups is 1. The summed E-state index contributed by atoms with van der Waals surface area (Å²) in [4.78, 5) is 18.2. The third-order valence-corrected chi connectivity index (χ3v) is 5.96. The summed E-state index contributed by atoms with van der Waals surface area (Å²) in [6.07, 6.45) is 5.88. The quantitative estimate of drug-likeness (QED) is 0.643. The van der Waals surface area contributed by atoms with Crippen LogP contribution in [-0.2, 0) is 11.8 Å². The van der Waals surface area contributed by atoms with Crippen LogP contribution >= 0.6 is 23.1 Å². The number of thiophene rings is 1. The Hall–Kier alpha value is -2.32. The molecule has 4 heterocycles. The van der Waals surface area contributed by atoms with E-state index in [9.17, 15) is 4.79 Å². The summed E-state index contributed by atoms with van der Waals surface area (Å²) >= 11 is 3.06. The second-order valence-corrected chi connectivity index (χ2v) is 7.53. The minimum Gasteiger partial charge on any atom is -0.463 e. The fraction of sp³-hybridized carbons (Fsp3) is 0.235. The highest BCUT2D eigenvalue weighted by Crippen LogP contribution is 2.35. The number of hydrogen-bond donors (Lipinski definition) is 0. The lowest BCUT2D eigenvalue weighted by Crippen LogP contribution is -2.28. The van der Waals surface area contributed by atoms with E-state index in [-0.39, 0.29) is 11.9 Å². The van der Waals surface area contributed by atoms with Crippen molar-refractivity contribution in [2.45, 2.75) is 17.6 Å². The van der Waals surface area contributed by atoms with Gasteiger partial charge in [-0.1, -0.05) is 17.8 Å². The topological polar surface area (TPSA) is 63.6 Å². The molecule has 3 aromatic rings. The van der Waals surface area contributed by atoms with Crippen molar-refractivity contribution in [3.8, 4) is 0 Å². The zero-order chi connectivity index (χ0) is 17.2. The first kappa shape index (κ1) is 16.2. The van der Waals surface area contributed by atoms with Crippen LogP contribution in [0.25, 0.3) is 0 Å². The molecule has 1 unspecified atom stereocenters. The lowest BCUT2D eigenvalue weighted by Gasteiger charge is -2.20. The Morgan fingerprint density at radius 2 is 2.36 bits per heavy atom. The average Bonchev–Trinajstić information content (AvgIpc) is 3.38. The average molecular weight is 372 g/mol. The third kappa shape index (κ3) is 3.27. The van der Waals surface area contributed by atoms with E-state index in [1.54, 1.807) is 28.8 Å². The number of aromatic nitrogens is 2. The van der Waals surface area contributed by atoms with Crippen LogP contribution in [-0.4, -0.2) is 31.9 Å². The predicted molar refractivity (Wildman–Crippen MR) is 97.7 cm³/mol. The van der Waals surface area contributed by atoms with Gasteiger partial charge < -0.3 is 8.98 Å². The Morgan fingerprint density at radius 1 is 1.44 bits per heavy atom. The maximum absolute atomic E-state index is 12.8. The van der Waals surface area contributed by atoms with Crippen LogP contribution in [0, 0.1) is 0 Å². The molecule has 3 aromatic heterocycles. The number of carbonyl (C=O) groups excluding carboxylic acids is 1. The Kier molecular flexibility index (Phi) is 4.46. The molecule has 0 N–H and O–H groups in total. The largest absolute Gasteiger partial charge is 0.463 e. The van der Waals surface area contributed by atoms with Gasteiger partial charge in [-0.25, -0.2) is 9.99 Å². The summed E-state index contributed by atoms with van der Waals surface area (Å²) in [5.41, 5.74) is 0.804. The van der Waals surface area contributed by atoms with Gasteiger partial charge in [0, 0.05) is 30.7 Å². The number of hydrazone groups is 1. The van der Waals surface area contributed by atoms with E-state index < -0.39 is 0 Å². The monoisotopic (exact) mass is 372 g/mol. The van der Waals surface area contributed by atoms with E-state index in [2.05, 4.69) is 10.1 Å². The Bertz CT molecular complexity index is 884. The summed E-state index contributed by atoms with van der Waals surface area (Å²) in [5.74, 6) is 0.975. The van der Waals surface area contributed by atoms with Crippen molar-refractivity contribution in [2.75, 3.05) is 5.75 Å². The highest BCUT2D eigenvalue weighted by molar-refractivity contribution is 7.99. The van der Waals surface area contributed by atoms with Crippen LogP contribution in [0.15, 0.2) is 63.0 Å². The smallest absolute Gasteiger partial charge is 0.253 e. The molecule has 0 radical (unpaired) electrons. The highest BCUT2D eigenvalue weighted by Gasteiger charge is 2.34. The van der Waals surface area contributed by atoms with Gasteiger partial charge in [0.2, 0.25) is 0 Å². The number of thioether (sulfide) groups is 1. The zero-order valence-electron chi connectivity index (χ0n) is 13.5. The molecule has 8 heteroatoms. The number of hydrogen-bond acceptors (Lipinski definition) is 6. The maximum atomic E-state index is 12.8. The van der Waals surface area contributed by atoms with Gasteiger partial charge >= 0.3 is 0 Å². The zero-order valence-corrected chi connectivity index (χ0v) is 15.2. The predicted octanol–water partition coefficient (Wildman–Crippen LogP) is 3.54. The molecule has 0 saturated heterocycles. The number of furan rings is 1. The van der Waals surface area contributed by atoms with Crippen molar-refractivity contribution in [1.29, 1.82) is 0 Å².